The summed E-state index contributed by atoms with van der Waals surface area (Å²) in [5.74, 6) is 0. The highest BCUT2D eigenvalue weighted by atomic mass is 32.2. The molecule has 0 saturated carbocycles. The van der Waals surface area contributed by atoms with Gasteiger partial charge in [0.15, 0.2) is 0 Å². The van der Waals surface area contributed by atoms with Crippen molar-refractivity contribution < 1.29 is 8.42 Å². The lowest BCUT2D eigenvalue weighted by Crippen LogP contribution is -2.45. The zero-order valence-corrected chi connectivity index (χ0v) is 13.3. The summed E-state index contributed by atoms with van der Waals surface area (Å²) in [6.45, 7) is 6.90. The van der Waals surface area contributed by atoms with Crippen LogP contribution in [0.5, 0.6) is 0 Å². The van der Waals surface area contributed by atoms with Crippen molar-refractivity contribution in [3.63, 3.8) is 0 Å². The third-order valence-electron chi connectivity index (χ3n) is 3.70. The van der Waals surface area contributed by atoms with Crippen molar-refractivity contribution in [3.8, 4) is 0 Å². The first-order chi connectivity index (χ1) is 9.43. The molecule has 1 N–H and O–H groups in total. The van der Waals surface area contributed by atoms with E-state index in [1.54, 1.807) is 11.2 Å². The Kier molecular flexibility index (Phi) is 4.70. The smallest absolute Gasteiger partial charge is 0.239 e. The van der Waals surface area contributed by atoms with Crippen LogP contribution in [0.15, 0.2) is 24.3 Å². The molecule has 4 nitrogen and oxygen atoms in total. The molecule has 2 rings (SSSR count). The molecule has 1 aliphatic heterocycles. The molecule has 1 heterocycles. The zero-order chi connectivity index (χ0) is 14.8. The van der Waals surface area contributed by atoms with Crippen LogP contribution in [0.25, 0.3) is 0 Å². The number of sulfonamides is 1. The molecule has 0 aromatic heterocycles. The van der Waals surface area contributed by atoms with Crippen LogP contribution in [0, 0.1) is 0 Å². The second-order valence-corrected chi connectivity index (χ2v) is 8.00. The van der Waals surface area contributed by atoms with E-state index in [9.17, 15) is 8.42 Å². The van der Waals surface area contributed by atoms with Gasteiger partial charge in [-0.05, 0) is 31.4 Å². The fraction of sp³-hybridized carbons (Fsp3) is 0.600. The molecule has 112 valence electrons. The summed E-state index contributed by atoms with van der Waals surface area (Å²) in [6, 6.07) is 8.10. The molecule has 1 unspecified atom stereocenters. The molecule has 5 heteroatoms. The first-order valence-corrected chi connectivity index (χ1v) is 8.76. The Morgan fingerprint density at radius 2 is 1.95 bits per heavy atom. The van der Waals surface area contributed by atoms with Crippen LogP contribution >= 0.6 is 0 Å². The summed E-state index contributed by atoms with van der Waals surface area (Å²) in [5.41, 5.74) is 1.99. The van der Waals surface area contributed by atoms with E-state index in [2.05, 4.69) is 5.32 Å². The number of aryl methyl sites for hydroxylation is 1. The van der Waals surface area contributed by atoms with Crippen LogP contribution in [-0.4, -0.2) is 32.8 Å². The van der Waals surface area contributed by atoms with Crippen molar-refractivity contribution in [1.82, 2.24) is 5.32 Å². The van der Waals surface area contributed by atoms with E-state index < -0.39 is 15.3 Å². The topological polar surface area (TPSA) is 49.4 Å². The molecule has 0 aliphatic carbocycles. The number of hydrogen-bond donors (Lipinski definition) is 1. The van der Waals surface area contributed by atoms with Gasteiger partial charge in [-0.25, -0.2) is 8.42 Å². The number of rotatable bonds is 5. The molecule has 20 heavy (non-hydrogen) atoms. The van der Waals surface area contributed by atoms with Crippen molar-refractivity contribution in [2.75, 3.05) is 17.4 Å². The second-order valence-electron chi connectivity index (χ2n) is 5.72. The highest BCUT2D eigenvalue weighted by Gasteiger charge is 2.31. The first-order valence-electron chi connectivity index (χ1n) is 7.25. The number of para-hydroxylation sites is 1. The predicted molar refractivity (Wildman–Crippen MR) is 83.6 cm³/mol. The van der Waals surface area contributed by atoms with Gasteiger partial charge >= 0.3 is 0 Å². The van der Waals surface area contributed by atoms with E-state index in [0.717, 1.165) is 24.1 Å². The van der Waals surface area contributed by atoms with E-state index in [1.165, 1.54) is 0 Å². The Morgan fingerprint density at radius 1 is 1.25 bits per heavy atom. The number of nitrogens with zero attached hydrogens (tertiary/aromatic N) is 1. The fourth-order valence-corrected chi connectivity index (χ4v) is 4.06. The number of benzene rings is 1. The van der Waals surface area contributed by atoms with Crippen molar-refractivity contribution in [2.24, 2.45) is 0 Å². The Labute approximate surface area is 122 Å². The van der Waals surface area contributed by atoms with Gasteiger partial charge in [0.2, 0.25) is 10.0 Å². The Bertz CT molecular complexity index is 555. The van der Waals surface area contributed by atoms with Crippen LogP contribution < -0.4 is 9.62 Å². The second kappa shape index (κ2) is 6.14. The van der Waals surface area contributed by atoms with E-state index in [-0.39, 0.29) is 0 Å². The first kappa shape index (κ1) is 15.3. The normalized spacial score (nSPS) is 17.1. The quantitative estimate of drug-likeness (QED) is 0.906. The van der Waals surface area contributed by atoms with E-state index in [4.69, 9.17) is 0 Å². The number of nitrogens with one attached hydrogen (secondary N) is 1. The number of hydrogen-bond acceptors (Lipinski definition) is 3. The van der Waals surface area contributed by atoms with E-state index in [0.29, 0.717) is 19.1 Å². The molecule has 1 aromatic rings. The highest BCUT2D eigenvalue weighted by molar-refractivity contribution is 7.93. The third kappa shape index (κ3) is 3.15. The highest BCUT2D eigenvalue weighted by Crippen LogP contribution is 2.30. The summed E-state index contributed by atoms with van der Waals surface area (Å²) in [6.07, 6.45) is 1.85. The molecule has 0 radical (unpaired) electrons. The monoisotopic (exact) mass is 296 g/mol. The summed E-state index contributed by atoms with van der Waals surface area (Å²) in [4.78, 5) is 0. The minimum atomic E-state index is -3.30. The lowest BCUT2D eigenvalue weighted by atomic mass is 10.0. The lowest BCUT2D eigenvalue weighted by molar-refractivity contribution is 0.545. The Balaban J connectivity index is 2.22. The van der Waals surface area contributed by atoms with E-state index >= 15 is 0 Å². The van der Waals surface area contributed by atoms with Gasteiger partial charge in [-0.1, -0.05) is 32.0 Å². The largest absolute Gasteiger partial charge is 0.313 e. The van der Waals surface area contributed by atoms with Gasteiger partial charge in [0.1, 0.15) is 0 Å². The minimum Gasteiger partial charge on any atom is -0.313 e. The van der Waals surface area contributed by atoms with Crippen molar-refractivity contribution in [1.29, 1.82) is 0 Å². The molecule has 0 saturated heterocycles. The third-order valence-corrected chi connectivity index (χ3v) is 5.87. The predicted octanol–water partition coefficient (Wildman–Crippen LogP) is 2.16. The van der Waals surface area contributed by atoms with Crippen LogP contribution in [0.1, 0.15) is 32.8 Å². The molecule has 0 amide bonds. The van der Waals surface area contributed by atoms with Gasteiger partial charge in [0.05, 0.1) is 10.9 Å². The van der Waals surface area contributed by atoms with Crippen LogP contribution in [0.4, 0.5) is 5.69 Å². The summed E-state index contributed by atoms with van der Waals surface area (Å²) in [5, 5.41) is 2.79. The molecular formula is C15H24N2O2S. The molecule has 1 aromatic carbocycles. The van der Waals surface area contributed by atoms with Gasteiger partial charge in [-0.15, -0.1) is 0 Å². The number of fused-ring (bicyclic) bond motifs is 1. The maximum absolute atomic E-state index is 12.7. The average Bonchev–Trinajstić information content (AvgIpc) is 2.43. The zero-order valence-electron chi connectivity index (χ0n) is 12.5. The molecule has 1 atom stereocenters. The lowest BCUT2D eigenvalue weighted by Gasteiger charge is -2.33. The van der Waals surface area contributed by atoms with Gasteiger partial charge in [0.25, 0.3) is 0 Å². The maximum atomic E-state index is 12.7. The van der Waals surface area contributed by atoms with Crippen molar-refractivity contribution in [2.45, 2.75) is 44.9 Å². The maximum Gasteiger partial charge on any atom is 0.239 e. The van der Waals surface area contributed by atoms with Gasteiger partial charge in [-0.3, -0.25) is 4.31 Å². The van der Waals surface area contributed by atoms with Crippen LogP contribution in [0.2, 0.25) is 0 Å². The van der Waals surface area contributed by atoms with Crippen molar-refractivity contribution in [3.05, 3.63) is 29.8 Å². The van der Waals surface area contributed by atoms with Gasteiger partial charge in [0, 0.05) is 19.1 Å². The summed E-state index contributed by atoms with van der Waals surface area (Å²) >= 11 is 0. The minimum absolute atomic E-state index is 0.293. The fourth-order valence-electron chi connectivity index (χ4n) is 2.49. The molecule has 0 fully saturated rings. The van der Waals surface area contributed by atoms with Crippen LogP contribution in [0.3, 0.4) is 0 Å². The van der Waals surface area contributed by atoms with Gasteiger partial charge in [-0.2, -0.15) is 0 Å². The molecule has 0 bridgehead atoms. The summed E-state index contributed by atoms with van der Waals surface area (Å²) in [7, 11) is -3.30. The molecule has 1 aliphatic rings. The molecule has 0 spiro atoms. The van der Waals surface area contributed by atoms with Crippen LogP contribution in [-0.2, 0) is 16.4 Å². The number of anilines is 1. The summed E-state index contributed by atoms with van der Waals surface area (Å²) < 4.78 is 27.1. The Hall–Kier alpha value is -1.07. The van der Waals surface area contributed by atoms with E-state index in [1.807, 2.05) is 38.1 Å². The molecular weight excluding hydrogens is 272 g/mol. The average molecular weight is 296 g/mol. The SMILES string of the molecule is CC(C)NCC(C)S(=O)(=O)N1CCCc2ccccc21. The van der Waals surface area contributed by atoms with Crippen molar-refractivity contribution >= 4 is 15.7 Å². The Morgan fingerprint density at radius 3 is 2.65 bits per heavy atom. The standard InChI is InChI=1S/C15H24N2O2S/c1-12(2)16-11-13(3)20(18,19)17-10-6-8-14-7-4-5-9-15(14)17/h4-5,7,9,12-13,16H,6,8,10-11H2,1-3H3. The van der Waals surface area contributed by atoms with Gasteiger partial charge < -0.3 is 5.32 Å².